The van der Waals surface area contributed by atoms with Crippen molar-refractivity contribution in [3.63, 3.8) is 0 Å². The highest BCUT2D eigenvalue weighted by Gasteiger charge is 2.36. The monoisotopic (exact) mass is 1000 g/mol. The molecule has 4 aromatic carbocycles. The molecule has 0 N–H and O–H groups in total. The molecule has 0 radical (unpaired) electrons. The first-order valence-corrected chi connectivity index (χ1v) is 24.4. The van der Waals surface area contributed by atoms with Gasteiger partial charge in [-0.2, -0.15) is 26.3 Å². The van der Waals surface area contributed by atoms with Crippen LogP contribution in [0.25, 0.3) is 11.4 Å². The molecule has 10 rings (SSSR count). The third-order valence-corrected chi connectivity index (χ3v) is 14.8. The van der Waals surface area contributed by atoms with Gasteiger partial charge in [0.05, 0.1) is 93.2 Å². The summed E-state index contributed by atoms with van der Waals surface area (Å²) in [5.41, 5.74) is 2.17. The molecule has 2 atom stereocenters. The summed E-state index contributed by atoms with van der Waals surface area (Å²) in [6.45, 7) is 0.537. The van der Waals surface area contributed by atoms with Crippen molar-refractivity contribution in [1.29, 1.82) is 0 Å². The molecule has 0 amide bonds. The van der Waals surface area contributed by atoms with Gasteiger partial charge in [0.15, 0.2) is 19.7 Å². The summed E-state index contributed by atoms with van der Waals surface area (Å²) in [5, 5.41) is 15.2. The highest BCUT2D eigenvalue weighted by molar-refractivity contribution is 7.91. The first kappa shape index (κ1) is 47.5. The van der Waals surface area contributed by atoms with E-state index in [0.29, 0.717) is 58.0 Å². The lowest BCUT2D eigenvalue weighted by molar-refractivity contribution is -0.138. The third kappa shape index (κ3) is 10.2. The smallest absolute Gasteiger partial charge is 0.416 e. The van der Waals surface area contributed by atoms with Crippen LogP contribution in [0.4, 0.5) is 26.3 Å². The van der Waals surface area contributed by atoms with E-state index >= 15 is 0 Å². The predicted molar refractivity (Wildman–Crippen MR) is 235 cm³/mol. The van der Waals surface area contributed by atoms with E-state index in [4.69, 9.17) is 9.47 Å². The molecule has 0 unspecified atom stereocenters. The molecule has 0 saturated heterocycles. The Balaban J connectivity index is 0.000000174. The number of hydrogen-bond donors (Lipinski definition) is 0. The minimum atomic E-state index is -4.52. The molecule has 70 heavy (non-hydrogen) atoms. The average molecular weight is 1000 g/mol. The van der Waals surface area contributed by atoms with E-state index in [1.165, 1.54) is 108 Å². The molecule has 4 aromatic heterocycles. The van der Waals surface area contributed by atoms with Crippen LogP contribution in [-0.4, -0.2) is 80.0 Å². The Kier molecular flexibility index (Phi) is 12.9. The van der Waals surface area contributed by atoms with Gasteiger partial charge in [-0.15, -0.1) is 10.2 Å². The maximum Gasteiger partial charge on any atom is 0.416 e. The average Bonchev–Trinajstić information content (AvgIpc) is 4.10. The SMILES string of the molecule is O=S(=O)(Cc1ccncn1)c1ccc2c(c1)OCC[C@@H]2c1ccc(C(F)(F)F)cc1-n1ccnn1.O=S(=O)(Cc1ccncn1)c1ccc2c(c1)OCC[C@H]2c1ccc(C(F)(F)F)cc1-n1ccnn1. The molecule has 16 nitrogen and oxygen atoms in total. The minimum Gasteiger partial charge on any atom is -0.493 e. The summed E-state index contributed by atoms with van der Waals surface area (Å²) in [5.74, 6) is -0.526. The molecule has 0 fully saturated rings. The Bertz CT molecular complexity index is 3140. The van der Waals surface area contributed by atoms with Crippen LogP contribution in [0.15, 0.2) is 145 Å². The number of hydrogen-bond acceptors (Lipinski definition) is 14. The fourth-order valence-corrected chi connectivity index (χ4v) is 10.8. The summed E-state index contributed by atoms with van der Waals surface area (Å²) < 4.78 is 146. The fraction of sp³-hybridized carbons (Fsp3) is 0.217. The van der Waals surface area contributed by atoms with Gasteiger partial charge in [0.25, 0.3) is 0 Å². The van der Waals surface area contributed by atoms with Crippen LogP contribution in [0.1, 0.15) is 69.4 Å². The molecular formula is C46H36F6N10O6S2. The number of ether oxygens (including phenoxy) is 2. The number of alkyl halides is 6. The molecular weight excluding hydrogens is 967 g/mol. The van der Waals surface area contributed by atoms with Gasteiger partial charge in [-0.3, -0.25) is 0 Å². The van der Waals surface area contributed by atoms with Gasteiger partial charge in [-0.1, -0.05) is 34.7 Å². The normalized spacial score (nSPS) is 15.9. The molecule has 6 heterocycles. The lowest BCUT2D eigenvalue weighted by Crippen LogP contribution is -2.18. The molecule has 2 aliphatic heterocycles. The van der Waals surface area contributed by atoms with Crippen LogP contribution in [0.5, 0.6) is 11.5 Å². The molecule has 0 aliphatic carbocycles. The molecule has 8 aromatic rings. The van der Waals surface area contributed by atoms with Crippen LogP contribution in [0.3, 0.4) is 0 Å². The molecule has 0 saturated carbocycles. The Labute approximate surface area is 394 Å². The number of nitrogens with zero attached hydrogens (tertiary/aromatic N) is 10. The molecule has 24 heteroatoms. The highest BCUT2D eigenvalue weighted by atomic mass is 32.2. The predicted octanol–water partition coefficient (Wildman–Crippen LogP) is 7.93. The third-order valence-electron chi connectivity index (χ3n) is 11.5. The zero-order chi connectivity index (χ0) is 49.3. The Morgan fingerprint density at radius 1 is 0.529 bits per heavy atom. The van der Waals surface area contributed by atoms with Crippen molar-refractivity contribution in [2.75, 3.05) is 13.2 Å². The van der Waals surface area contributed by atoms with E-state index in [9.17, 15) is 43.2 Å². The summed E-state index contributed by atoms with van der Waals surface area (Å²) in [6, 6.07) is 19.2. The Hall–Kier alpha value is -7.60. The van der Waals surface area contributed by atoms with Crippen LogP contribution in [0.2, 0.25) is 0 Å². The van der Waals surface area contributed by atoms with E-state index in [0.717, 1.165) is 24.3 Å². The number of fused-ring (bicyclic) bond motifs is 2. The van der Waals surface area contributed by atoms with E-state index in [-0.39, 0.29) is 57.7 Å². The summed E-state index contributed by atoms with van der Waals surface area (Å²) in [7, 11) is -7.42. The molecule has 360 valence electrons. The van der Waals surface area contributed by atoms with E-state index in [1.807, 2.05) is 0 Å². The summed E-state index contributed by atoms with van der Waals surface area (Å²) >= 11 is 0. The fourth-order valence-electron chi connectivity index (χ4n) is 8.24. The van der Waals surface area contributed by atoms with Crippen molar-refractivity contribution >= 4 is 19.7 Å². The zero-order valence-corrected chi connectivity index (χ0v) is 37.7. The van der Waals surface area contributed by atoms with Crippen LogP contribution >= 0.6 is 0 Å². The summed E-state index contributed by atoms with van der Waals surface area (Å²) in [6.07, 6.45) is 3.16. The number of halogens is 6. The van der Waals surface area contributed by atoms with Crippen molar-refractivity contribution in [2.45, 2.75) is 58.3 Å². The Morgan fingerprint density at radius 2 is 0.943 bits per heavy atom. The van der Waals surface area contributed by atoms with Crippen LogP contribution in [0, 0.1) is 0 Å². The molecule has 0 spiro atoms. The van der Waals surface area contributed by atoms with Gasteiger partial charge in [-0.05, 0) is 84.6 Å². The van der Waals surface area contributed by atoms with Gasteiger partial charge >= 0.3 is 12.4 Å². The van der Waals surface area contributed by atoms with Crippen molar-refractivity contribution in [1.82, 2.24) is 49.9 Å². The van der Waals surface area contributed by atoms with Crippen molar-refractivity contribution in [3.8, 4) is 22.9 Å². The number of aromatic nitrogens is 10. The van der Waals surface area contributed by atoms with Gasteiger partial charge in [0, 0.05) is 35.4 Å². The van der Waals surface area contributed by atoms with Crippen molar-refractivity contribution in [2.24, 2.45) is 0 Å². The van der Waals surface area contributed by atoms with E-state index in [1.54, 1.807) is 12.1 Å². The topological polar surface area (TPSA) is 200 Å². The quantitative estimate of drug-likeness (QED) is 0.120. The second-order valence-electron chi connectivity index (χ2n) is 15.9. The van der Waals surface area contributed by atoms with E-state index < -0.39 is 43.2 Å². The molecule has 0 bridgehead atoms. The zero-order valence-electron chi connectivity index (χ0n) is 36.1. The highest BCUT2D eigenvalue weighted by Crippen LogP contribution is 2.45. The molecule has 2 aliphatic rings. The Morgan fingerprint density at radius 3 is 1.30 bits per heavy atom. The van der Waals surface area contributed by atoms with E-state index in [2.05, 4.69) is 40.6 Å². The van der Waals surface area contributed by atoms with Gasteiger partial charge in [0.1, 0.15) is 24.2 Å². The lowest BCUT2D eigenvalue weighted by atomic mass is 9.85. The maximum absolute atomic E-state index is 13.4. The standard InChI is InChI=1S/2C23H18F3N5O3S/c2*24-23(25,26)15-1-3-19(21(11-15)31-9-8-29-30-31)18-6-10-34-22-12-17(2-4-20(18)22)35(32,33)13-16-5-7-27-14-28-16/h2*1-5,7-9,11-12,14,18H,6,10,13H2/t2*18-/m10/s1. The lowest BCUT2D eigenvalue weighted by Gasteiger charge is -2.28. The maximum atomic E-state index is 13.4. The second-order valence-corrected chi connectivity index (χ2v) is 19.9. The number of benzene rings is 4. The first-order valence-electron chi connectivity index (χ1n) is 21.1. The number of rotatable bonds is 10. The van der Waals surface area contributed by atoms with Gasteiger partial charge < -0.3 is 9.47 Å². The number of sulfone groups is 2. The van der Waals surface area contributed by atoms with Gasteiger partial charge in [0.2, 0.25) is 0 Å². The second kappa shape index (κ2) is 19.1. The summed E-state index contributed by atoms with van der Waals surface area (Å²) in [4.78, 5) is 15.7. The van der Waals surface area contributed by atoms with Crippen molar-refractivity contribution < 1.29 is 52.7 Å². The first-order chi connectivity index (χ1) is 33.4. The van der Waals surface area contributed by atoms with Gasteiger partial charge in [-0.25, -0.2) is 46.1 Å². The van der Waals surface area contributed by atoms with Crippen LogP contribution in [-0.2, 0) is 43.5 Å². The minimum absolute atomic E-state index is 0.0689. The van der Waals surface area contributed by atoms with Crippen LogP contribution < -0.4 is 9.47 Å². The largest absolute Gasteiger partial charge is 0.493 e. The van der Waals surface area contributed by atoms with Crippen molar-refractivity contribution in [3.05, 3.63) is 180 Å².